The summed E-state index contributed by atoms with van der Waals surface area (Å²) < 4.78 is 0. The Labute approximate surface area is 119 Å². The molecule has 0 fully saturated rings. The van der Waals surface area contributed by atoms with Crippen molar-refractivity contribution < 1.29 is 14.7 Å². The van der Waals surface area contributed by atoms with E-state index < -0.39 is 5.97 Å². The fourth-order valence-electron chi connectivity index (χ4n) is 2.06. The number of aromatic nitrogens is 2. The number of aromatic amines is 1. The number of hydrogen-bond acceptors (Lipinski definition) is 4. The standard InChI is InChI=1S/C13H15N3O3S/c1-7-10(8(2)16-11(7)13(18)19)12(17)14-4-3-9-5-20-6-15-9/h5-6,16H,3-4H2,1-2H3,(H,14,17)(H,18,19). The lowest BCUT2D eigenvalue weighted by atomic mass is 10.1. The predicted octanol–water partition coefficient (Wildman–Crippen LogP) is 1.76. The van der Waals surface area contributed by atoms with E-state index in [4.69, 9.17) is 5.11 Å². The zero-order valence-electron chi connectivity index (χ0n) is 11.2. The Morgan fingerprint density at radius 1 is 1.45 bits per heavy atom. The number of aromatic carboxylic acids is 1. The van der Waals surface area contributed by atoms with Crippen LogP contribution in [0.25, 0.3) is 0 Å². The third kappa shape index (κ3) is 2.88. The Balaban J connectivity index is 2.04. The largest absolute Gasteiger partial charge is 0.477 e. The first-order chi connectivity index (χ1) is 9.50. The smallest absolute Gasteiger partial charge is 0.352 e. The minimum Gasteiger partial charge on any atom is -0.477 e. The highest BCUT2D eigenvalue weighted by molar-refractivity contribution is 7.07. The molecular formula is C13H15N3O3S. The summed E-state index contributed by atoms with van der Waals surface area (Å²) in [6.45, 7) is 3.78. The maximum atomic E-state index is 12.1. The molecule has 2 rings (SSSR count). The molecular weight excluding hydrogens is 278 g/mol. The Kier molecular flexibility index (Phi) is 4.19. The van der Waals surface area contributed by atoms with Crippen LogP contribution >= 0.6 is 11.3 Å². The van der Waals surface area contributed by atoms with E-state index in [1.165, 1.54) is 11.3 Å². The third-order valence-electron chi connectivity index (χ3n) is 3.03. The molecule has 0 unspecified atom stereocenters. The quantitative estimate of drug-likeness (QED) is 0.782. The van der Waals surface area contributed by atoms with Gasteiger partial charge in [0.2, 0.25) is 0 Å². The molecule has 2 aromatic heterocycles. The zero-order valence-corrected chi connectivity index (χ0v) is 12.0. The van der Waals surface area contributed by atoms with Gasteiger partial charge in [-0.1, -0.05) is 0 Å². The highest BCUT2D eigenvalue weighted by atomic mass is 32.1. The van der Waals surface area contributed by atoms with Gasteiger partial charge in [-0.3, -0.25) is 4.79 Å². The summed E-state index contributed by atoms with van der Waals surface area (Å²) in [5.74, 6) is -1.33. The second-order valence-corrected chi connectivity index (χ2v) is 5.13. The molecule has 0 radical (unpaired) electrons. The summed E-state index contributed by atoms with van der Waals surface area (Å²) >= 11 is 1.51. The van der Waals surface area contributed by atoms with Crippen LogP contribution in [0.5, 0.6) is 0 Å². The number of rotatable bonds is 5. The van der Waals surface area contributed by atoms with Crippen LogP contribution in [0, 0.1) is 13.8 Å². The monoisotopic (exact) mass is 293 g/mol. The number of thiazole rings is 1. The molecule has 7 heteroatoms. The van der Waals surface area contributed by atoms with Gasteiger partial charge < -0.3 is 15.4 Å². The topological polar surface area (TPSA) is 95.1 Å². The maximum absolute atomic E-state index is 12.1. The predicted molar refractivity (Wildman–Crippen MR) is 75.4 cm³/mol. The average molecular weight is 293 g/mol. The van der Waals surface area contributed by atoms with Crippen LogP contribution in [-0.4, -0.2) is 33.5 Å². The first-order valence-corrected chi connectivity index (χ1v) is 7.02. The molecule has 0 bridgehead atoms. The van der Waals surface area contributed by atoms with Crippen LogP contribution < -0.4 is 5.32 Å². The molecule has 1 amide bonds. The van der Waals surface area contributed by atoms with E-state index in [9.17, 15) is 9.59 Å². The van der Waals surface area contributed by atoms with Crippen LogP contribution in [0.2, 0.25) is 0 Å². The molecule has 3 N–H and O–H groups in total. The van der Waals surface area contributed by atoms with Crippen molar-refractivity contribution >= 4 is 23.2 Å². The van der Waals surface area contributed by atoms with Crippen molar-refractivity contribution in [3.8, 4) is 0 Å². The van der Waals surface area contributed by atoms with Gasteiger partial charge in [-0.05, 0) is 19.4 Å². The number of carboxylic acid groups (broad SMARTS) is 1. The van der Waals surface area contributed by atoms with Crippen LogP contribution in [0.3, 0.4) is 0 Å². The van der Waals surface area contributed by atoms with E-state index >= 15 is 0 Å². The van der Waals surface area contributed by atoms with E-state index in [0.29, 0.717) is 29.8 Å². The second-order valence-electron chi connectivity index (χ2n) is 4.42. The molecule has 0 spiro atoms. The van der Waals surface area contributed by atoms with Gasteiger partial charge in [0.15, 0.2) is 0 Å². The fraction of sp³-hybridized carbons (Fsp3) is 0.308. The van der Waals surface area contributed by atoms with Crippen LogP contribution in [0.1, 0.15) is 37.8 Å². The van der Waals surface area contributed by atoms with Gasteiger partial charge in [-0.2, -0.15) is 0 Å². The fourth-order valence-corrected chi connectivity index (χ4v) is 2.65. The highest BCUT2D eigenvalue weighted by Gasteiger charge is 2.21. The minimum atomic E-state index is -1.06. The lowest BCUT2D eigenvalue weighted by molar-refractivity contribution is 0.0690. The van der Waals surface area contributed by atoms with Gasteiger partial charge in [0.1, 0.15) is 5.69 Å². The molecule has 0 saturated carbocycles. The van der Waals surface area contributed by atoms with Crippen molar-refractivity contribution in [1.82, 2.24) is 15.3 Å². The lowest BCUT2D eigenvalue weighted by Gasteiger charge is -2.05. The number of amides is 1. The molecule has 0 aromatic carbocycles. The van der Waals surface area contributed by atoms with Gasteiger partial charge in [-0.25, -0.2) is 9.78 Å². The van der Waals surface area contributed by atoms with E-state index in [1.54, 1.807) is 19.4 Å². The third-order valence-corrected chi connectivity index (χ3v) is 3.66. The molecule has 2 heterocycles. The number of carbonyl (C=O) groups excluding carboxylic acids is 1. The molecule has 106 valence electrons. The molecule has 0 aliphatic rings. The van der Waals surface area contributed by atoms with Crippen molar-refractivity contribution in [3.05, 3.63) is 39.1 Å². The van der Waals surface area contributed by atoms with Crippen LogP contribution in [-0.2, 0) is 6.42 Å². The Bertz CT molecular complexity index is 632. The van der Waals surface area contributed by atoms with Crippen LogP contribution in [0.15, 0.2) is 10.9 Å². The average Bonchev–Trinajstić information content (AvgIpc) is 2.97. The summed E-state index contributed by atoms with van der Waals surface area (Å²) in [6, 6.07) is 0. The van der Waals surface area contributed by atoms with Crippen molar-refractivity contribution in [1.29, 1.82) is 0 Å². The first kappa shape index (κ1) is 14.3. The SMILES string of the molecule is Cc1[nH]c(C(=O)O)c(C)c1C(=O)NCCc1cscn1. The second kappa shape index (κ2) is 5.87. The number of nitrogens with one attached hydrogen (secondary N) is 2. The molecule has 0 aliphatic heterocycles. The Morgan fingerprint density at radius 2 is 2.20 bits per heavy atom. The molecule has 6 nitrogen and oxygen atoms in total. The summed E-state index contributed by atoms with van der Waals surface area (Å²) in [5, 5.41) is 13.7. The minimum absolute atomic E-state index is 0.0622. The molecule has 0 aliphatic carbocycles. The zero-order chi connectivity index (χ0) is 14.7. The van der Waals surface area contributed by atoms with Crippen molar-refractivity contribution in [2.24, 2.45) is 0 Å². The molecule has 0 atom stereocenters. The number of hydrogen-bond donors (Lipinski definition) is 3. The van der Waals surface area contributed by atoms with Crippen molar-refractivity contribution in [3.63, 3.8) is 0 Å². The van der Waals surface area contributed by atoms with Crippen molar-refractivity contribution in [2.75, 3.05) is 6.54 Å². The van der Waals surface area contributed by atoms with Crippen LogP contribution in [0.4, 0.5) is 0 Å². The summed E-state index contributed by atoms with van der Waals surface area (Å²) in [6.07, 6.45) is 0.656. The molecule has 2 aromatic rings. The summed E-state index contributed by atoms with van der Waals surface area (Å²) in [4.78, 5) is 30.0. The number of H-pyrrole nitrogens is 1. The van der Waals surface area contributed by atoms with E-state index in [-0.39, 0.29) is 11.6 Å². The van der Waals surface area contributed by atoms with Gasteiger partial charge in [0.05, 0.1) is 16.8 Å². The van der Waals surface area contributed by atoms with Gasteiger partial charge in [0, 0.05) is 24.0 Å². The Hall–Kier alpha value is -2.15. The Morgan fingerprint density at radius 3 is 2.75 bits per heavy atom. The van der Waals surface area contributed by atoms with Gasteiger partial charge >= 0.3 is 5.97 Å². The van der Waals surface area contributed by atoms with E-state index in [1.807, 2.05) is 5.38 Å². The number of nitrogens with zero attached hydrogens (tertiary/aromatic N) is 1. The summed E-state index contributed by atoms with van der Waals surface area (Å²) in [7, 11) is 0. The number of carboxylic acids is 1. The number of carbonyl (C=O) groups is 2. The first-order valence-electron chi connectivity index (χ1n) is 6.08. The molecule has 0 saturated heterocycles. The summed E-state index contributed by atoms with van der Waals surface area (Å²) in [5.41, 5.74) is 4.17. The van der Waals surface area contributed by atoms with Crippen molar-refractivity contribution in [2.45, 2.75) is 20.3 Å². The highest BCUT2D eigenvalue weighted by Crippen LogP contribution is 2.17. The normalized spacial score (nSPS) is 10.5. The molecule has 20 heavy (non-hydrogen) atoms. The van der Waals surface area contributed by atoms with E-state index in [2.05, 4.69) is 15.3 Å². The van der Waals surface area contributed by atoms with Gasteiger partial charge in [0.25, 0.3) is 5.91 Å². The number of aryl methyl sites for hydroxylation is 1. The van der Waals surface area contributed by atoms with Gasteiger partial charge in [-0.15, -0.1) is 11.3 Å². The van der Waals surface area contributed by atoms with E-state index in [0.717, 1.165) is 5.69 Å². The maximum Gasteiger partial charge on any atom is 0.352 e. The lowest BCUT2D eigenvalue weighted by Crippen LogP contribution is -2.26.